The molecule has 134 valence electrons. The monoisotopic (exact) mass is 369 g/mol. The molecule has 0 N–H and O–H groups in total. The van der Waals surface area contributed by atoms with Crippen LogP contribution in [0.5, 0.6) is 0 Å². The van der Waals surface area contributed by atoms with Crippen LogP contribution in [0.15, 0.2) is 78.2 Å². The SMILES string of the molecule is C=CC(C(=O)OC)C(c1ccccc1)C(C#N)S(=O)(=O)c1ccccc1. The van der Waals surface area contributed by atoms with Crippen molar-refractivity contribution in [2.45, 2.75) is 16.1 Å². The van der Waals surface area contributed by atoms with E-state index in [-0.39, 0.29) is 4.90 Å². The van der Waals surface area contributed by atoms with Crippen LogP contribution in [0.3, 0.4) is 0 Å². The van der Waals surface area contributed by atoms with Crippen LogP contribution in [-0.2, 0) is 19.4 Å². The number of carbonyl (C=O) groups is 1. The van der Waals surface area contributed by atoms with Crippen LogP contribution in [0.2, 0.25) is 0 Å². The first-order valence-electron chi connectivity index (χ1n) is 7.91. The zero-order chi connectivity index (χ0) is 19.2. The van der Waals surface area contributed by atoms with E-state index in [1.165, 1.54) is 25.3 Å². The maximum absolute atomic E-state index is 13.1. The average Bonchev–Trinajstić information content (AvgIpc) is 2.68. The molecular formula is C20H19NO4S. The van der Waals surface area contributed by atoms with E-state index in [1.54, 1.807) is 48.5 Å². The van der Waals surface area contributed by atoms with Crippen molar-refractivity contribution in [1.29, 1.82) is 5.26 Å². The normalized spacial score (nSPS) is 14.5. The highest BCUT2D eigenvalue weighted by molar-refractivity contribution is 7.92. The number of methoxy groups -OCH3 is 1. The molecule has 6 heteroatoms. The van der Waals surface area contributed by atoms with Crippen LogP contribution in [0.1, 0.15) is 11.5 Å². The highest BCUT2D eigenvalue weighted by Crippen LogP contribution is 2.36. The molecule has 26 heavy (non-hydrogen) atoms. The van der Waals surface area contributed by atoms with Crippen molar-refractivity contribution in [3.05, 3.63) is 78.9 Å². The molecule has 0 heterocycles. The van der Waals surface area contributed by atoms with Gasteiger partial charge in [0.1, 0.15) is 0 Å². The smallest absolute Gasteiger partial charge is 0.313 e. The quantitative estimate of drug-likeness (QED) is 0.553. The van der Waals surface area contributed by atoms with Gasteiger partial charge in [-0.2, -0.15) is 5.26 Å². The number of rotatable bonds is 7. The summed E-state index contributed by atoms with van der Waals surface area (Å²) in [4.78, 5) is 12.3. The van der Waals surface area contributed by atoms with Crippen molar-refractivity contribution in [1.82, 2.24) is 0 Å². The zero-order valence-corrected chi connectivity index (χ0v) is 15.1. The lowest BCUT2D eigenvalue weighted by atomic mass is 9.83. The van der Waals surface area contributed by atoms with Crippen molar-refractivity contribution >= 4 is 15.8 Å². The van der Waals surface area contributed by atoms with E-state index >= 15 is 0 Å². The number of nitriles is 1. The number of carbonyl (C=O) groups excluding carboxylic acids is 1. The summed E-state index contributed by atoms with van der Waals surface area (Å²) in [7, 11) is -2.80. The minimum atomic E-state index is -4.01. The number of sulfone groups is 1. The Hall–Kier alpha value is -2.91. The first kappa shape index (κ1) is 19.4. The minimum absolute atomic E-state index is 0.0279. The standard InChI is InChI=1S/C20H19NO4S/c1-3-17(20(22)25-2)19(15-10-6-4-7-11-15)18(14-21)26(23,24)16-12-8-5-9-13-16/h3-13,17-19H,1H2,2H3. The van der Waals surface area contributed by atoms with Crippen molar-refractivity contribution in [3.8, 4) is 6.07 Å². The molecule has 2 aromatic carbocycles. The Bertz CT molecular complexity index is 902. The highest BCUT2D eigenvalue weighted by Gasteiger charge is 2.42. The van der Waals surface area contributed by atoms with Crippen molar-refractivity contribution in [2.75, 3.05) is 7.11 Å². The van der Waals surface area contributed by atoms with Gasteiger partial charge >= 0.3 is 5.97 Å². The molecule has 5 nitrogen and oxygen atoms in total. The summed E-state index contributed by atoms with van der Waals surface area (Å²) < 4.78 is 31.0. The molecule has 0 aromatic heterocycles. The van der Waals surface area contributed by atoms with Crippen molar-refractivity contribution in [3.63, 3.8) is 0 Å². The number of ether oxygens (including phenoxy) is 1. The van der Waals surface area contributed by atoms with Crippen molar-refractivity contribution in [2.24, 2.45) is 5.92 Å². The average molecular weight is 369 g/mol. The van der Waals surface area contributed by atoms with E-state index in [1.807, 2.05) is 6.07 Å². The van der Waals surface area contributed by atoms with Gasteiger partial charge in [0.05, 0.1) is 24.0 Å². The summed E-state index contributed by atoms with van der Waals surface area (Å²) in [5.41, 5.74) is 0.550. The fraction of sp³-hybridized carbons (Fsp3) is 0.200. The molecule has 0 fully saturated rings. The molecule has 0 bridgehead atoms. The van der Waals surface area contributed by atoms with Gasteiger partial charge in [0.25, 0.3) is 0 Å². The molecule has 0 aliphatic heterocycles. The van der Waals surface area contributed by atoms with E-state index in [2.05, 4.69) is 6.58 Å². The van der Waals surface area contributed by atoms with E-state index in [0.29, 0.717) is 5.56 Å². The van der Waals surface area contributed by atoms with Crippen molar-refractivity contribution < 1.29 is 17.9 Å². The minimum Gasteiger partial charge on any atom is -0.469 e. The lowest BCUT2D eigenvalue weighted by Crippen LogP contribution is -2.35. The number of hydrogen-bond acceptors (Lipinski definition) is 5. The van der Waals surface area contributed by atoms with Gasteiger partial charge < -0.3 is 4.74 Å². The molecule has 2 rings (SSSR count). The Morgan fingerprint density at radius 3 is 2.12 bits per heavy atom. The van der Waals surface area contributed by atoms with Crippen LogP contribution in [0.25, 0.3) is 0 Å². The topological polar surface area (TPSA) is 84.2 Å². The molecule has 0 saturated carbocycles. The fourth-order valence-electron chi connectivity index (χ4n) is 2.87. The third-order valence-corrected chi connectivity index (χ3v) is 6.15. The van der Waals surface area contributed by atoms with Gasteiger partial charge in [-0.25, -0.2) is 8.42 Å². The summed E-state index contributed by atoms with van der Waals surface area (Å²) in [5.74, 6) is -2.57. The molecule has 0 radical (unpaired) electrons. The van der Waals surface area contributed by atoms with Crippen LogP contribution in [-0.4, -0.2) is 26.7 Å². The summed E-state index contributed by atoms with van der Waals surface area (Å²) in [6, 6.07) is 18.2. The van der Waals surface area contributed by atoms with Crippen LogP contribution in [0.4, 0.5) is 0 Å². The van der Waals surface area contributed by atoms with Gasteiger partial charge in [0, 0.05) is 5.92 Å². The van der Waals surface area contributed by atoms with Crippen LogP contribution >= 0.6 is 0 Å². The predicted octanol–water partition coefficient (Wildman–Crippen LogP) is 3.11. The molecule has 0 spiro atoms. The maximum Gasteiger partial charge on any atom is 0.313 e. The Kier molecular flexibility index (Phi) is 6.31. The number of hydrogen-bond donors (Lipinski definition) is 0. The third-order valence-electron chi connectivity index (χ3n) is 4.16. The van der Waals surface area contributed by atoms with Gasteiger partial charge in [-0.3, -0.25) is 4.79 Å². The third kappa shape index (κ3) is 3.84. The maximum atomic E-state index is 13.1. The van der Waals surface area contributed by atoms with E-state index in [4.69, 9.17) is 4.74 Å². The van der Waals surface area contributed by atoms with E-state index in [0.717, 1.165) is 0 Å². The van der Waals surface area contributed by atoms with Gasteiger partial charge in [0.2, 0.25) is 0 Å². The number of benzene rings is 2. The molecular weight excluding hydrogens is 350 g/mol. The summed E-state index contributed by atoms with van der Waals surface area (Å²) >= 11 is 0. The van der Waals surface area contributed by atoms with Gasteiger partial charge in [-0.05, 0) is 17.7 Å². The zero-order valence-electron chi connectivity index (χ0n) is 14.3. The van der Waals surface area contributed by atoms with Gasteiger partial charge in [-0.1, -0.05) is 54.6 Å². The Morgan fingerprint density at radius 2 is 1.65 bits per heavy atom. The second kappa shape index (κ2) is 8.45. The second-order valence-electron chi connectivity index (χ2n) is 5.63. The molecule has 0 amide bonds. The summed E-state index contributed by atoms with van der Waals surface area (Å²) in [5, 5.41) is 8.26. The van der Waals surface area contributed by atoms with Gasteiger partial charge in [0.15, 0.2) is 15.1 Å². The molecule has 0 aliphatic rings. The van der Waals surface area contributed by atoms with Crippen LogP contribution < -0.4 is 0 Å². The molecule has 3 atom stereocenters. The lowest BCUT2D eigenvalue weighted by Gasteiger charge is -2.27. The number of nitrogens with zero attached hydrogens (tertiary/aromatic N) is 1. The molecule has 2 aromatic rings. The first-order chi connectivity index (χ1) is 12.5. The van der Waals surface area contributed by atoms with Gasteiger partial charge in [-0.15, -0.1) is 6.58 Å². The highest BCUT2D eigenvalue weighted by atomic mass is 32.2. The summed E-state index contributed by atoms with van der Waals surface area (Å²) in [6.07, 6.45) is 1.33. The molecule has 0 aliphatic carbocycles. The molecule has 3 unspecified atom stereocenters. The fourth-order valence-corrected chi connectivity index (χ4v) is 4.55. The summed E-state index contributed by atoms with van der Waals surface area (Å²) in [6.45, 7) is 3.64. The Morgan fingerprint density at radius 1 is 1.12 bits per heavy atom. The largest absolute Gasteiger partial charge is 0.469 e. The molecule has 0 saturated heterocycles. The van der Waals surface area contributed by atoms with E-state index in [9.17, 15) is 18.5 Å². The lowest BCUT2D eigenvalue weighted by molar-refractivity contribution is -0.144. The Balaban J connectivity index is 2.65. The van der Waals surface area contributed by atoms with Crippen LogP contribution in [0, 0.1) is 17.2 Å². The predicted molar refractivity (Wildman–Crippen MR) is 97.9 cm³/mol. The number of esters is 1. The second-order valence-corrected chi connectivity index (χ2v) is 7.70. The Labute approximate surface area is 153 Å². The first-order valence-corrected chi connectivity index (χ1v) is 9.46. The van der Waals surface area contributed by atoms with E-state index < -0.39 is 32.9 Å².